The number of rotatable bonds is 12. The summed E-state index contributed by atoms with van der Waals surface area (Å²) in [6.45, 7) is 4.51. The van der Waals surface area contributed by atoms with Crippen molar-refractivity contribution in [2.24, 2.45) is 0 Å². The fourth-order valence-corrected chi connectivity index (χ4v) is 3.46. The summed E-state index contributed by atoms with van der Waals surface area (Å²) in [6, 6.07) is 8.94. The van der Waals surface area contributed by atoms with Gasteiger partial charge >= 0.3 is 0 Å². The van der Waals surface area contributed by atoms with E-state index in [0.717, 1.165) is 18.4 Å². The molecule has 0 saturated carbocycles. The molecule has 0 amide bonds. The lowest BCUT2D eigenvalue weighted by atomic mass is 10.1. The van der Waals surface area contributed by atoms with Crippen molar-refractivity contribution in [3.05, 3.63) is 49.1 Å². The van der Waals surface area contributed by atoms with Crippen LogP contribution in [-0.2, 0) is 13.1 Å². The molecule has 25 heavy (non-hydrogen) atoms. The number of halogens is 1. The van der Waals surface area contributed by atoms with E-state index in [9.17, 15) is 0 Å². The van der Waals surface area contributed by atoms with Crippen molar-refractivity contribution in [3.8, 4) is 11.1 Å². The van der Waals surface area contributed by atoms with Crippen LogP contribution in [0.1, 0.15) is 58.3 Å². The van der Waals surface area contributed by atoms with Gasteiger partial charge < -0.3 is 0 Å². The molecule has 0 bridgehead atoms. The fraction of sp³-hybridized carbons (Fsp3) is 0.545. The van der Waals surface area contributed by atoms with Crippen LogP contribution in [0.5, 0.6) is 0 Å². The van der Waals surface area contributed by atoms with E-state index in [-0.39, 0.29) is 0 Å². The summed E-state index contributed by atoms with van der Waals surface area (Å²) in [6.07, 6.45) is 19.3. The van der Waals surface area contributed by atoms with E-state index in [2.05, 4.69) is 81.0 Å². The Morgan fingerprint density at radius 2 is 1.08 bits per heavy atom. The van der Waals surface area contributed by atoms with E-state index in [1.54, 1.807) is 0 Å². The first-order valence-electron chi connectivity index (χ1n) is 9.88. The molecule has 2 nitrogen and oxygen atoms in total. The Labute approximate surface area is 162 Å². The zero-order valence-corrected chi connectivity index (χ0v) is 17.3. The molecule has 0 saturated heterocycles. The minimum absolute atomic E-state index is 1.11. The lowest BCUT2D eigenvalue weighted by molar-refractivity contribution is -0.697. The normalized spacial score (nSPS) is 11.0. The van der Waals surface area contributed by atoms with Gasteiger partial charge in [0.05, 0.1) is 0 Å². The van der Waals surface area contributed by atoms with E-state index < -0.39 is 0 Å². The average Bonchev–Trinajstić information content (AvgIpc) is 2.66. The molecular formula is C22H33BrN2+2. The third-order valence-corrected chi connectivity index (χ3v) is 5.25. The van der Waals surface area contributed by atoms with Crippen LogP contribution < -0.4 is 9.13 Å². The van der Waals surface area contributed by atoms with Gasteiger partial charge in [0.15, 0.2) is 24.8 Å². The van der Waals surface area contributed by atoms with Crippen LogP contribution in [0.15, 0.2) is 49.1 Å². The topological polar surface area (TPSA) is 7.76 Å². The van der Waals surface area contributed by atoms with Gasteiger partial charge in [0.2, 0.25) is 0 Å². The Morgan fingerprint density at radius 3 is 1.52 bits per heavy atom. The maximum Gasteiger partial charge on any atom is 0.169 e. The average molecular weight is 405 g/mol. The molecule has 0 aliphatic carbocycles. The number of aromatic nitrogens is 2. The van der Waals surface area contributed by atoms with Crippen LogP contribution in [0.2, 0.25) is 0 Å². The summed E-state index contributed by atoms with van der Waals surface area (Å²) < 4.78 is 4.60. The molecule has 136 valence electrons. The monoisotopic (exact) mass is 404 g/mol. The summed E-state index contributed by atoms with van der Waals surface area (Å²) in [5, 5.41) is 1.11. The lowest BCUT2D eigenvalue weighted by Crippen LogP contribution is -2.33. The van der Waals surface area contributed by atoms with Crippen LogP contribution in [-0.4, -0.2) is 5.33 Å². The Morgan fingerprint density at radius 1 is 0.640 bits per heavy atom. The Balaban J connectivity index is 1.80. The lowest BCUT2D eigenvalue weighted by Gasteiger charge is -2.02. The number of pyridine rings is 2. The van der Waals surface area contributed by atoms with Crippen LogP contribution in [0, 0.1) is 0 Å². The maximum absolute atomic E-state index is 3.49. The van der Waals surface area contributed by atoms with Gasteiger partial charge in [0.1, 0.15) is 13.1 Å². The Bertz CT molecular complexity index is 578. The minimum Gasteiger partial charge on any atom is -0.205 e. The highest BCUT2D eigenvalue weighted by molar-refractivity contribution is 9.09. The summed E-state index contributed by atoms with van der Waals surface area (Å²) in [5.74, 6) is 0. The number of hydrogen-bond donors (Lipinski definition) is 0. The van der Waals surface area contributed by atoms with Crippen molar-refractivity contribution in [2.75, 3.05) is 5.33 Å². The Hall–Kier alpha value is -1.22. The maximum atomic E-state index is 3.49. The molecule has 3 heteroatoms. The minimum atomic E-state index is 1.11. The van der Waals surface area contributed by atoms with E-state index in [4.69, 9.17) is 0 Å². The van der Waals surface area contributed by atoms with Crippen LogP contribution in [0.3, 0.4) is 0 Å². The third-order valence-electron chi connectivity index (χ3n) is 4.69. The van der Waals surface area contributed by atoms with Crippen molar-refractivity contribution in [1.29, 1.82) is 0 Å². The highest BCUT2D eigenvalue weighted by atomic mass is 79.9. The molecule has 0 aliphatic rings. The van der Waals surface area contributed by atoms with Gasteiger partial charge in [-0.05, 0) is 30.4 Å². The van der Waals surface area contributed by atoms with Crippen molar-refractivity contribution in [3.63, 3.8) is 0 Å². The second-order valence-corrected chi connectivity index (χ2v) is 7.61. The predicted molar refractivity (Wildman–Crippen MR) is 109 cm³/mol. The van der Waals surface area contributed by atoms with Gasteiger partial charge in [0.25, 0.3) is 0 Å². The fourth-order valence-electron chi connectivity index (χ4n) is 3.06. The van der Waals surface area contributed by atoms with E-state index in [1.807, 2.05) is 0 Å². The molecule has 2 rings (SSSR count). The zero-order valence-electron chi connectivity index (χ0n) is 15.7. The summed E-state index contributed by atoms with van der Waals surface area (Å²) in [7, 11) is 0. The predicted octanol–water partition coefficient (Wildman–Crippen LogP) is 5.46. The number of unbranched alkanes of at least 4 members (excludes halogenated alkanes) is 6. The molecule has 0 aliphatic heterocycles. The second kappa shape index (κ2) is 12.2. The largest absolute Gasteiger partial charge is 0.205 e. The molecule has 2 aromatic heterocycles. The molecule has 0 unspecified atom stereocenters. The standard InChI is InChI=1S/C22H33BrN2/c1-2-3-4-5-8-15-24-17-10-21(11-18-24)22-12-19-25(20-13-22)16-9-6-7-14-23/h10-13,17-20H,2-9,14-16H2,1H3/q+2. The molecule has 2 heterocycles. The molecule has 0 aromatic carbocycles. The van der Waals surface area contributed by atoms with E-state index >= 15 is 0 Å². The number of alkyl halides is 1. The van der Waals surface area contributed by atoms with Crippen molar-refractivity contribution >= 4 is 15.9 Å². The SMILES string of the molecule is CCCCCCC[n+]1ccc(-c2cc[n+](CCCCCBr)cc2)cc1. The highest BCUT2D eigenvalue weighted by Crippen LogP contribution is 2.15. The second-order valence-electron chi connectivity index (χ2n) is 6.81. The van der Waals surface area contributed by atoms with Crippen molar-refractivity contribution in [1.82, 2.24) is 0 Å². The van der Waals surface area contributed by atoms with Gasteiger partial charge in [-0.2, -0.15) is 0 Å². The molecule has 0 atom stereocenters. The van der Waals surface area contributed by atoms with E-state index in [0.29, 0.717) is 0 Å². The molecule has 0 radical (unpaired) electrons. The van der Waals surface area contributed by atoms with Crippen LogP contribution >= 0.6 is 15.9 Å². The summed E-state index contributed by atoms with van der Waals surface area (Å²) in [5.41, 5.74) is 2.60. The first kappa shape index (κ1) is 20.1. The Kier molecular flexibility index (Phi) is 9.79. The molecular weight excluding hydrogens is 372 g/mol. The highest BCUT2D eigenvalue weighted by Gasteiger charge is 2.06. The van der Waals surface area contributed by atoms with Crippen molar-refractivity contribution < 1.29 is 9.13 Å². The smallest absolute Gasteiger partial charge is 0.169 e. The molecule has 0 fully saturated rings. The summed E-state index contributed by atoms with van der Waals surface area (Å²) in [4.78, 5) is 0. The van der Waals surface area contributed by atoms with Crippen LogP contribution in [0.25, 0.3) is 11.1 Å². The number of nitrogens with zero attached hydrogens (tertiary/aromatic N) is 2. The van der Waals surface area contributed by atoms with Crippen LogP contribution in [0.4, 0.5) is 0 Å². The number of aryl methyl sites for hydroxylation is 2. The first-order valence-corrected chi connectivity index (χ1v) is 11.0. The number of hydrogen-bond acceptors (Lipinski definition) is 0. The third kappa shape index (κ3) is 7.68. The summed E-state index contributed by atoms with van der Waals surface area (Å²) >= 11 is 3.49. The van der Waals surface area contributed by atoms with Gasteiger partial charge in [-0.3, -0.25) is 0 Å². The van der Waals surface area contributed by atoms with Gasteiger partial charge in [-0.15, -0.1) is 0 Å². The zero-order chi connectivity index (χ0) is 17.7. The molecule has 0 N–H and O–H groups in total. The van der Waals surface area contributed by atoms with Crippen molar-refractivity contribution in [2.45, 2.75) is 71.4 Å². The van der Waals surface area contributed by atoms with E-state index in [1.165, 1.54) is 62.5 Å². The van der Waals surface area contributed by atoms with Gasteiger partial charge in [-0.1, -0.05) is 42.1 Å². The molecule has 0 spiro atoms. The quantitative estimate of drug-likeness (QED) is 0.252. The first-order chi connectivity index (χ1) is 12.3. The van der Waals surface area contributed by atoms with Gasteiger partial charge in [0, 0.05) is 42.4 Å². The molecule has 2 aromatic rings. The van der Waals surface area contributed by atoms with Gasteiger partial charge in [-0.25, -0.2) is 9.13 Å².